The van der Waals surface area contributed by atoms with Gasteiger partial charge < -0.3 is 4.55 Å². The summed E-state index contributed by atoms with van der Waals surface area (Å²) in [6, 6.07) is 0. The van der Waals surface area contributed by atoms with E-state index in [0.29, 0.717) is 12.8 Å². The zero-order valence-electron chi connectivity index (χ0n) is 5.17. The third-order valence-electron chi connectivity index (χ3n) is 1.23. The minimum atomic E-state index is -2.41. The van der Waals surface area contributed by atoms with Crippen molar-refractivity contribution in [3.05, 3.63) is 22.9 Å². The molecule has 0 amide bonds. The van der Waals surface area contributed by atoms with Crippen molar-refractivity contribution >= 4 is 11.1 Å². The van der Waals surface area contributed by atoms with Crippen LogP contribution in [0.5, 0.6) is 0 Å². The molecular weight excluding hydrogens is 155 g/mol. The van der Waals surface area contributed by atoms with E-state index >= 15 is 0 Å². The number of hydrogen-bond acceptors (Lipinski definition) is 2. The Labute approximate surface area is 60.7 Å². The van der Waals surface area contributed by atoms with Gasteiger partial charge in [-0.25, -0.2) is 4.39 Å². The smallest absolute Gasteiger partial charge is 0.133 e. The van der Waals surface area contributed by atoms with E-state index in [1.807, 2.05) is 0 Å². The Morgan fingerprint density at radius 2 is 2.10 bits per heavy atom. The van der Waals surface area contributed by atoms with Gasteiger partial charge in [0.25, 0.3) is 0 Å². The SMILES string of the molecule is O=S([O-])C1=CCCC=C1F. The second-order valence-corrected chi connectivity index (χ2v) is 2.84. The Kier molecular flexibility index (Phi) is 2.34. The molecule has 0 spiro atoms. The lowest BCUT2D eigenvalue weighted by molar-refractivity contribution is 0.538. The van der Waals surface area contributed by atoms with Gasteiger partial charge in [-0.3, -0.25) is 4.21 Å². The van der Waals surface area contributed by atoms with E-state index in [-0.39, 0.29) is 4.91 Å². The van der Waals surface area contributed by atoms with Gasteiger partial charge in [-0.05, 0) is 30.0 Å². The summed E-state index contributed by atoms with van der Waals surface area (Å²) in [7, 11) is 0. The molecule has 0 radical (unpaired) electrons. The van der Waals surface area contributed by atoms with Gasteiger partial charge in [0.05, 0.1) is 4.91 Å². The largest absolute Gasteiger partial charge is 0.768 e. The number of allylic oxidation sites excluding steroid dienone is 3. The molecule has 56 valence electrons. The van der Waals surface area contributed by atoms with Crippen LogP contribution in [-0.4, -0.2) is 8.76 Å². The lowest BCUT2D eigenvalue weighted by Crippen LogP contribution is -1.97. The number of rotatable bonds is 1. The van der Waals surface area contributed by atoms with Gasteiger partial charge in [-0.15, -0.1) is 0 Å². The summed E-state index contributed by atoms with van der Waals surface area (Å²) in [5.74, 6) is -0.625. The van der Waals surface area contributed by atoms with Crippen molar-refractivity contribution in [1.82, 2.24) is 0 Å². The second kappa shape index (κ2) is 3.07. The van der Waals surface area contributed by atoms with Gasteiger partial charge in [0.15, 0.2) is 0 Å². The van der Waals surface area contributed by atoms with Crippen molar-refractivity contribution in [2.75, 3.05) is 0 Å². The van der Waals surface area contributed by atoms with E-state index < -0.39 is 16.9 Å². The van der Waals surface area contributed by atoms with Crippen LogP contribution in [0, 0.1) is 0 Å². The Balaban J connectivity index is 2.84. The fourth-order valence-electron chi connectivity index (χ4n) is 0.770. The quantitative estimate of drug-likeness (QED) is 0.545. The van der Waals surface area contributed by atoms with E-state index in [2.05, 4.69) is 0 Å². The molecule has 2 nitrogen and oxygen atoms in total. The highest BCUT2D eigenvalue weighted by Gasteiger charge is 2.07. The first-order valence-corrected chi connectivity index (χ1v) is 3.95. The highest BCUT2D eigenvalue weighted by molar-refractivity contribution is 7.83. The zero-order chi connectivity index (χ0) is 7.56. The van der Waals surface area contributed by atoms with Crippen LogP contribution in [0.3, 0.4) is 0 Å². The summed E-state index contributed by atoms with van der Waals surface area (Å²) in [6.45, 7) is 0. The Morgan fingerprint density at radius 1 is 1.50 bits per heavy atom. The van der Waals surface area contributed by atoms with E-state index in [9.17, 15) is 13.2 Å². The van der Waals surface area contributed by atoms with Crippen LogP contribution in [0.4, 0.5) is 4.39 Å². The molecule has 0 heterocycles. The standard InChI is InChI=1S/C6H7FO2S/c7-5-3-1-2-4-6(5)10(8)9/h3-4H,1-2H2,(H,8,9)/p-1. The van der Waals surface area contributed by atoms with Crippen LogP contribution in [0.25, 0.3) is 0 Å². The maximum Gasteiger partial charge on any atom is 0.133 e. The normalized spacial score (nSPS) is 21.4. The van der Waals surface area contributed by atoms with E-state index in [4.69, 9.17) is 0 Å². The van der Waals surface area contributed by atoms with E-state index in [0.717, 1.165) is 0 Å². The third kappa shape index (κ3) is 1.52. The topological polar surface area (TPSA) is 40.1 Å². The molecular formula is C6H6FO2S-. The Morgan fingerprint density at radius 3 is 2.50 bits per heavy atom. The maximum absolute atomic E-state index is 12.5. The first kappa shape index (κ1) is 7.63. The van der Waals surface area contributed by atoms with Gasteiger partial charge in [-0.1, -0.05) is 6.08 Å². The highest BCUT2D eigenvalue weighted by Crippen LogP contribution is 2.21. The molecule has 0 saturated carbocycles. The van der Waals surface area contributed by atoms with Crippen molar-refractivity contribution in [2.45, 2.75) is 12.8 Å². The molecule has 4 heteroatoms. The highest BCUT2D eigenvalue weighted by atomic mass is 32.2. The molecule has 0 N–H and O–H groups in total. The molecule has 0 saturated heterocycles. The number of halogens is 1. The van der Waals surface area contributed by atoms with Crippen molar-refractivity contribution in [3.8, 4) is 0 Å². The van der Waals surface area contributed by atoms with Crippen LogP contribution in [0.15, 0.2) is 22.9 Å². The maximum atomic E-state index is 12.5. The molecule has 0 fully saturated rings. The minimum absolute atomic E-state index is 0.203. The summed E-state index contributed by atoms with van der Waals surface area (Å²) in [4.78, 5) is -0.203. The number of hydrogen-bond donors (Lipinski definition) is 0. The van der Waals surface area contributed by atoms with Crippen LogP contribution in [-0.2, 0) is 11.1 Å². The fraction of sp³-hybridized carbons (Fsp3) is 0.333. The molecule has 1 unspecified atom stereocenters. The van der Waals surface area contributed by atoms with Gasteiger partial charge in [-0.2, -0.15) is 0 Å². The summed E-state index contributed by atoms with van der Waals surface area (Å²) >= 11 is -2.41. The summed E-state index contributed by atoms with van der Waals surface area (Å²) < 4.78 is 32.9. The zero-order valence-corrected chi connectivity index (χ0v) is 5.99. The predicted octanol–water partition coefficient (Wildman–Crippen LogP) is 1.40. The van der Waals surface area contributed by atoms with Crippen LogP contribution >= 0.6 is 0 Å². The summed E-state index contributed by atoms with van der Waals surface area (Å²) in [6.07, 6.45) is 3.87. The second-order valence-electron chi connectivity index (χ2n) is 1.93. The Bertz CT molecular complexity index is 220. The molecule has 0 aromatic carbocycles. The minimum Gasteiger partial charge on any atom is -0.768 e. The molecule has 10 heavy (non-hydrogen) atoms. The molecule has 1 aliphatic rings. The first-order chi connectivity index (χ1) is 4.72. The van der Waals surface area contributed by atoms with Crippen LogP contribution < -0.4 is 0 Å². The molecule has 0 aliphatic heterocycles. The lowest BCUT2D eigenvalue weighted by atomic mass is 10.2. The summed E-state index contributed by atoms with van der Waals surface area (Å²) in [5, 5.41) is 0. The van der Waals surface area contributed by atoms with Crippen molar-refractivity contribution in [2.24, 2.45) is 0 Å². The van der Waals surface area contributed by atoms with Gasteiger partial charge in [0.2, 0.25) is 0 Å². The van der Waals surface area contributed by atoms with Gasteiger partial charge in [0.1, 0.15) is 5.83 Å². The van der Waals surface area contributed by atoms with Crippen LogP contribution in [0.2, 0.25) is 0 Å². The lowest BCUT2D eigenvalue weighted by Gasteiger charge is -2.11. The molecule has 1 atom stereocenters. The van der Waals surface area contributed by atoms with Crippen molar-refractivity contribution in [1.29, 1.82) is 0 Å². The Hall–Kier alpha value is -0.480. The average molecular weight is 161 g/mol. The molecule has 0 aromatic rings. The molecule has 0 aromatic heterocycles. The third-order valence-corrected chi connectivity index (χ3v) is 1.96. The molecule has 0 bridgehead atoms. The van der Waals surface area contributed by atoms with E-state index in [1.165, 1.54) is 12.2 Å². The summed E-state index contributed by atoms with van der Waals surface area (Å²) in [5.41, 5.74) is 0. The van der Waals surface area contributed by atoms with E-state index in [1.54, 1.807) is 0 Å². The van der Waals surface area contributed by atoms with Crippen molar-refractivity contribution < 1.29 is 13.2 Å². The van der Waals surface area contributed by atoms with Crippen LogP contribution in [0.1, 0.15) is 12.8 Å². The van der Waals surface area contributed by atoms with Gasteiger partial charge in [0, 0.05) is 0 Å². The molecule has 1 rings (SSSR count). The molecule has 1 aliphatic carbocycles. The van der Waals surface area contributed by atoms with Crippen molar-refractivity contribution in [3.63, 3.8) is 0 Å². The van der Waals surface area contributed by atoms with Gasteiger partial charge >= 0.3 is 0 Å². The monoisotopic (exact) mass is 161 g/mol. The predicted molar refractivity (Wildman–Crippen MR) is 35.4 cm³/mol. The fourth-order valence-corrected chi connectivity index (χ4v) is 1.27. The first-order valence-electron chi connectivity index (χ1n) is 2.87. The average Bonchev–Trinajstić information content (AvgIpc) is 1.88.